The van der Waals surface area contributed by atoms with E-state index in [1.165, 1.54) is 18.2 Å². The van der Waals surface area contributed by atoms with Crippen molar-refractivity contribution in [1.29, 1.82) is 5.26 Å². The highest BCUT2D eigenvalue weighted by Gasteiger charge is 2.37. The van der Waals surface area contributed by atoms with Crippen LogP contribution >= 0.6 is 0 Å². The molecule has 8 nitrogen and oxygen atoms in total. The van der Waals surface area contributed by atoms with Gasteiger partial charge in [-0.15, -0.1) is 0 Å². The van der Waals surface area contributed by atoms with Crippen molar-refractivity contribution in [3.05, 3.63) is 59.3 Å². The van der Waals surface area contributed by atoms with Gasteiger partial charge in [-0.05, 0) is 51.1 Å². The van der Waals surface area contributed by atoms with Gasteiger partial charge in [0.25, 0.3) is 0 Å². The van der Waals surface area contributed by atoms with Crippen molar-refractivity contribution in [2.75, 3.05) is 50.1 Å². The van der Waals surface area contributed by atoms with Crippen LogP contribution in [0.15, 0.2) is 36.9 Å². The van der Waals surface area contributed by atoms with Crippen LogP contribution < -0.4 is 15.0 Å². The van der Waals surface area contributed by atoms with E-state index in [1.807, 2.05) is 7.05 Å². The normalized spacial score (nSPS) is 19.7. The summed E-state index contributed by atoms with van der Waals surface area (Å²) in [6.07, 6.45) is -0.771. The zero-order valence-electron chi connectivity index (χ0n) is 21.8. The first-order valence-electron chi connectivity index (χ1n) is 13.1. The smallest absolute Gasteiger partial charge is 0.418 e. The first kappa shape index (κ1) is 26.8. The van der Waals surface area contributed by atoms with Crippen LogP contribution in [0.4, 0.5) is 24.5 Å². The highest BCUT2D eigenvalue weighted by atomic mass is 19.4. The zero-order valence-corrected chi connectivity index (χ0v) is 21.8. The number of rotatable bonds is 7. The third kappa shape index (κ3) is 5.39. The van der Waals surface area contributed by atoms with E-state index in [0.29, 0.717) is 44.0 Å². The number of likely N-dealkylation sites (N-methyl/N-ethyl adjacent to an activating group) is 1. The maximum Gasteiger partial charge on any atom is 0.418 e. The fourth-order valence-corrected chi connectivity index (χ4v) is 5.56. The number of carbonyl (C=O) groups is 1. The highest BCUT2D eigenvalue weighted by molar-refractivity contribution is 5.88. The number of pyridine rings is 1. The Bertz CT molecular complexity index is 1300. The number of benzene rings is 1. The topological polar surface area (TPSA) is 84.7 Å². The van der Waals surface area contributed by atoms with E-state index in [-0.39, 0.29) is 41.7 Å². The van der Waals surface area contributed by atoms with Crippen molar-refractivity contribution in [1.82, 2.24) is 14.8 Å². The third-order valence-electron chi connectivity index (χ3n) is 7.79. The summed E-state index contributed by atoms with van der Waals surface area (Å²) in [6.45, 7) is 6.26. The average Bonchev–Trinajstić information content (AvgIpc) is 3.32. The molecule has 11 heteroatoms. The molecule has 4 heterocycles. The van der Waals surface area contributed by atoms with Gasteiger partial charge in [-0.3, -0.25) is 4.79 Å². The fourth-order valence-electron chi connectivity index (χ4n) is 5.56. The largest absolute Gasteiger partial charge is 0.475 e. The maximum absolute atomic E-state index is 13.8. The number of likely N-dealkylation sites (tertiary alicyclic amines) is 2. The molecule has 1 amide bonds. The van der Waals surface area contributed by atoms with E-state index in [4.69, 9.17) is 9.72 Å². The average molecular weight is 541 g/mol. The van der Waals surface area contributed by atoms with Gasteiger partial charge in [0, 0.05) is 36.9 Å². The molecule has 206 valence electrons. The molecule has 0 saturated carbocycles. The fraction of sp³-hybridized carbons (Fsp3) is 0.464. The predicted octanol–water partition coefficient (Wildman–Crippen LogP) is 3.82. The Morgan fingerprint density at radius 1 is 1.31 bits per heavy atom. The van der Waals surface area contributed by atoms with Crippen molar-refractivity contribution in [3.63, 3.8) is 0 Å². The van der Waals surface area contributed by atoms with Crippen LogP contribution in [-0.2, 0) is 23.9 Å². The monoisotopic (exact) mass is 540 g/mol. The second-order valence-electron chi connectivity index (χ2n) is 10.3. The van der Waals surface area contributed by atoms with Crippen LogP contribution in [0.3, 0.4) is 0 Å². The number of hydrogen-bond donors (Lipinski definition) is 1. The van der Waals surface area contributed by atoms with Gasteiger partial charge in [-0.25, -0.2) is 4.98 Å². The van der Waals surface area contributed by atoms with E-state index in [9.17, 15) is 23.2 Å². The molecule has 2 fully saturated rings. The first-order chi connectivity index (χ1) is 18.7. The number of carbonyl (C=O) groups excluding carboxylic acids is 1. The second kappa shape index (κ2) is 10.8. The number of ether oxygens (including phenoxy) is 1. The summed E-state index contributed by atoms with van der Waals surface area (Å²) < 4.78 is 47.4. The van der Waals surface area contributed by atoms with Gasteiger partial charge < -0.3 is 24.8 Å². The number of nitrogens with zero attached hydrogens (tertiary/aromatic N) is 5. The summed E-state index contributed by atoms with van der Waals surface area (Å²) in [5, 5.41) is 13.6. The minimum absolute atomic E-state index is 0.0784. The number of alkyl halides is 3. The number of aromatic nitrogens is 1. The van der Waals surface area contributed by atoms with Crippen molar-refractivity contribution in [3.8, 4) is 11.9 Å². The number of para-hydroxylation sites is 1. The number of fused-ring (bicyclic) bond motifs is 1. The van der Waals surface area contributed by atoms with E-state index < -0.39 is 11.7 Å². The standard InChI is InChI=1S/C28H31F3N6O2/c1-3-25(38)37-14-18(15-37)33-26-20-10-12-36(24-9-5-4-8-22(24)28(29,30)31)16-23(20)34-27(21(26)13-32)39-17-19-7-6-11-35(19)2/h3-5,8-9,18-19H,1,6-7,10-12,14-17H2,2H3,(H,33,34). The van der Waals surface area contributed by atoms with Gasteiger partial charge >= 0.3 is 6.18 Å². The molecule has 1 N–H and O–H groups in total. The molecule has 1 unspecified atom stereocenters. The van der Waals surface area contributed by atoms with Gasteiger partial charge in [0.2, 0.25) is 11.8 Å². The molecule has 3 aliphatic heterocycles. The molecule has 0 bridgehead atoms. The number of halogens is 3. The maximum atomic E-state index is 13.8. The quantitative estimate of drug-likeness (QED) is 0.535. The van der Waals surface area contributed by atoms with E-state index in [1.54, 1.807) is 15.9 Å². The van der Waals surface area contributed by atoms with Crippen LogP contribution in [0.1, 0.15) is 35.2 Å². The Hall–Kier alpha value is -3.78. The molecule has 3 aliphatic rings. The van der Waals surface area contributed by atoms with Gasteiger partial charge in [0.05, 0.1) is 29.5 Å². The lowest BCUT2D eigenvalue weighted by Gasteiger charge is -2.41. The lowest BCUT2D eigenvalue weighted by atomic mass is 9.97. The first-order valence-corrected chi connectivity index (χ1v) is 13.1. The Kier molecular flexibility index (Phi) is 7.40. The molecular weight excluding hydrogens is 509 g/mol. The molecule has 0 aliphatic carbocycles. The van der Waals surface area contributed by atoms with Crippen LogP contribution in [0.2, 0.25) is 0 Å². The summed E-state index contributed by atoms with van der Waals surface area (Å²) in [6, 6.07) is 7.91. The summed E-state index contributed by atoms with van der Waals surface area (Å²) in [7, 11) is 2.03. The Morgan fingerprint density at radius 2 is 2.08 bits per heavy atom. The second-order valence-corrected chi connectivity index (χ2v) is 10.3. The number of nitrogens with one attached hydrogen (secondary N) is 1. The molecule has 2 aromatic rings. The predicted molar refractivity (Wildman–Crippen MR) is 140 cm³/mol. The molecule has 1 aromatic carbocycles. The van der Waals surface area contributed by atoms with E-state index in [2.05, 4.69) is 22.9 Å². The van der Waals surface area contributed by atoms with Gasteiger partial charge in [-0.1, -0.05) is 18.7 Å². The Labute approximate surface area is 225 Å². The summed E-state index contributed by atoms with van der Waals surface area (Å²) in [5.74, 6) is 0.0253. The lowest BCUT2D eigenvalue weighted by molar-refractivity contribution is -0.137. The van der Waals surface area contributed by atoms with Gasteiger partial charge in [0.1, 0.15) is 18.2 Å². The molecule has 0 radical (unpaired) electrons. The van der Waals surface area contributed by atoms with E-state index in [0.717, 1.165) is 31.0 Å². The Morgan fingerprint density at radius 3 is 2.74 bits per heavy atom. The number of amides is 1. The molecular formula is C28H31F3N6O2. The van der Waals surface area contributed by atoms with Gasteiger partial charge in [0.15, 0.2) is 0 Å². The number of anilines is 2. The Balaban J connectivity index is 1.47. The van der Waals surface area contributed by atoms with Crippen molar-refractivity contribution >= 4 is 17.3 Å². The van der Waals surface area contributed by atoms with Crippen LogP contribution in [-0.4, -0.2) is 72.6 Å². The van der Waals surface area contributed by atoms with Gasteiger partial charge in [-0.2, -0.15) is 18.4 Å². The third-order valence-corrected chi connectivity index (χ3v) is 7.79. The number of nitriles is 1. The highest BCUT2D eigenvalue weighted by Crippen LogP contribution is 2.40. The minimum Gasteiger partial charge on any atom is -0.475 e. The molecule has 2 saturated heterocycles. The minimum atomic E-state index is -4.48. The summed E-state index contributed by atoms with van der Waals surface area (Å²) >= 11 is 0. The molecule has 5 rings (SSSR count). The van der Waals surface area contributed by atoms with Crippen LogP contribution in [0, 0.1) is 11.3 Å². The van der Waals surface area contributed by atoms with Crippen molar-refractivity contribution < 1.29 is 22.7 Å². The van der Waals surface area contributed by atoms with Crippen LogP contribution in [0.25, 0.3) is 0 Å². The zero-order chi connectivity index (χ0) is 27.7. The molecule has 1 aromatic heterocycles. The SMILES string of the molecule is C=CC(=O)N1CC(Nc2c(C#N)c(OCC3CCCN3C)nc3c2CCN(c2ccccc2C(F)(F)F)C3)C1. The summed E-state index contributed by atoms with van der Waals surface area (Å²) in [5.41, 5.74) is 1.66. The summed E-state index contributed by atoms with van der Waals surface area (Å²) in [4.78, 5) is 22.1. The van der Waals surface area contributed by atoms with Crippen LogP contribution in [0.5, 0.6) is 5.88 Å². The van der Waals surface area contributed by atoms with Crippen molar-refractivity contribution in [2.24, 2.45) is 0 Å². The van der Waals surface area contributed by atoms with Crippen molar-refractivity contribution in [2.45, 2.75) is 44.1 Å². The number of hydrogen-bond acceptors (Lipinski definition) is 7. The lowest BCUT2D eigenvalue weighted by Crippen LogP contribution is -2.56. The molecule has 1 atom stereocenters. The van der Waals surface area contributed by atoms with E-state index >= 15 is 0 Å². The molecule has 0 spiro atoms. The molecule has 39 heavy (non-hydrogen) atoms.